The van der Waals surface area contributed by atoms with Crippen molar-refractivity contribution in [1.29, 1.82) is 0 Å². The summed E-state index contributed by atoms with van der Waals surface area (Å²) in [6, 6.07) is 13.7. The van der Waals surface area contributed by atoms with Gasteiger partial charge in [0, 0.05) is 10.7 Å². The molecule has 0 saturated heterocycles. The van der Waals surface area contributed by atoms with Gasteiger partial charge in [0.1, 0.15) is 5.75 Å². The normalized spacial score (nSPS) is 10.4. The molecule has 0 unspecified atom stereocenters. The maximum Gasteiger partial charge on any atom is 0.122 e. The maximum atomic E-state index is 5.91. The standard InChI is InChI=1S/C16H18ClNO/c1-12-11-14(17)6-9-16(12)19-10-2-3-13-4-7-15(18)8-5-13/h4-9,11H,2-3,10,18H2,1H3. The second-order valence-corrected chi connectivity index (χ2v) is 5.04. The highest BCUT2D eigenvalue weighted by Crippen LogP contribution is 2.22. The molecule has 0 fully saturated rings. The monoisotopic (exact) mass is 275 g/mol. The van der Waals surface area contributed by atoms with Crippen molar-refractivity contribution in [2.24, 2.45) is 0 Å². The van der Waals surface area contributed by atoms with Gasteiger partial charge in [-0.2, -0.15) is 0 Å². The molecule has 0 bridgehead atoms. The van der Waals surface area contributed by atoms with Crippen LogP contribution in [0.25, 0.3) is 0 Å². The smallest absolute Gasteiger partial charge is 0.122 e. The van der Waals surface area contributed by atoms with E-state index in [1.807, 2.05) is 37.3 Å². The molecule has 0 aliphatic heterocycles. The van der Waals surface area contributed by atoms with Crippen LogP contribution in [0.2, 0.25) is 5.02 Å². The fourth-order valence-electron chi connectivity index (χ4n) is 1.92. The van der Waals surface area contributed by atoms with Crippen molar-refractivity contribution in [3.63, 3.8) is 0 Å². The van der Waals surface area contributed by atoms with Crippen LogP contribution in [0, 0.1) is 6.92 Å². The Morgan fingerprint density at radius 2 is 1.84 bits per heavy atom. The third-order valence-corrected chi connectivity index (χ3v) is 3.22. The quantitative estimate of drug-likeness (QED) is 0.654. The number of benzene rings is 2. The molecule has 2 N–H and O–H groups in total. The summed E-state index contributed by atoms with van der Waals surface area (Å²) < 4.78 is 5.75. The Kier molecular flexibility index (Phi) is 4.69. The molecule has 0 heterocycles. The van der Waals surface area contributed by atoms with Crippen LogP contribution in [0.5, 0.6) is 5.75 Å². The molecule has 2 nitrogen and oxygen atoms in total. The van der Waals surface area contributed by atoms with E-state index in [-0.39, 0.29) is 0 Å². The highest BCUT2D eigenvalue weighted by atomic mass is 35.5. The topological polar surface area (TPSA) is 35.2 Å². The predicted octanol–water partition coefficient (Wildman–Crippen LogP) is 4.24. The molecule has 0 aliphatic rings. The average molecular weight is 276 g/mol. The van der Waals surface area contributed by atoms with Crippen LogP contribution in [0.3, 0.4) is 0 Å². The first kappa shape index (κ1) is 13.8. The van der Waals surface area contributed by atoms with E-state index in [1.54, 1.807) is 0 Å². The van der Waals surface area contributed by atoms with Crippen molar-refractivity contribution in [3.8, 4) is 5.75 Å². The average Bonchev–Trinajstić information content (AvgIpc) is 2.39. The fourth-order valence-corrected chi connectivity index (χ4v) is 2.14. The molecule has 2 rings (SSSR count). The molecule has 0 amide bonds. The van der Waals surface area contributed by atoms with Crippen molar-refractivity contribution in [2.75, 3.05) is 12.3 Å². The van der Waals surface area contributed by atoms with E-state index < -0.39 is 0 Å². The van der Waals surface area contributed by atoms with Gasteiger partial charge in [0.05, 0.1) is 6.61 Å². The number of nitrogens with two attached hydrogens (primary N) is 1. The minimum atomic E-state index is 0.701. The molecule has 0 radical (unpaired) electrons. The number of halogens is 1. The van der Waals surface area contributed by atoms with E-state index in [4.69, 9.17) is 22.1 Å². The summed E-state index contributed by atoms with van der Waals surface area (Å²) in [7, 11) is 0. The summed E-state index contributed by atoms with van der Waals surface area (Å²) >= 11 is 5.91. The van der Waals surface area contributed by atoms with Gasteiger partial charge in [0.25, 0.3) is 0 Å². The molecular formula is C16H18ClNO. The summed E-state index contributed by atoms with van der Waals surface area (Å²) in [5.74, 6) is 0.904. The van der Waals surface area contributed by atoms with Gasteiger partial charge in [-0.1, -0.05) is 23.7 Å². The first-order chi connectivity index (χ1) is 9.15. The van der Waals surface area contributed by atoms with Gasteiger partial charge >= 0.3 is 0 Å². The lowest BCUT2D eigenvalue weighted by atomic mass is 10.1. The van der Waals surface area contributed by atoms with Gasteiger partial charge in [-0.05, 0) is 61.2 Å². The zero-order chi connectivity index (χ0) is 13.7. The number of rotatable bonds is 5. The van der Waals surface area contributed by atoms with Crippen molar-refractivity contribution in [1.82, 2.24) is 0 Å². The zero-order valence-corrected chi connectivity index (χ0v) is 11.8. The number of aryl methyl sites for hydroxylation is 2. The Morgan fingerprint density at radius 3 is 2.53 bits per heavy atom. The molecule has 100 valence electrons. The lowest BCUT2D eigenvalue weighted by molar-refractivity contribution is 0.309. The first-order valence-electron chi connectivity index (χ1n) is 6.38. The number of hydrogen-bond donors (Lipinski definition) is 1. The summed E-state index contributed by atoms with van der Waals surface area (Å²) in [5, 5.41) is 0.742. The molecule has 2 aromatic rings. The van der Waals surface area contributed by atoms with Gasteiger partial charge in [-0.25, -0.2) is 0 Å². The Bertz CT molecular complexity index is 537. The summed E-state index contributed by atoms with van der Waals surface area (Å²) in [6.45, 7) is 2.70. The van der Waals surface area contributed by atoms with E-state index >= 15 is 0 Å². The summed E-state index contributed by atoms with van der Waals surface area (Å²) in [6.07, 6.45) is 1.97. The highest BCUT2D eigenvalue weighted by molar-refractivity contribution is 6.30. The van der Waals surface area contributed by atoms with Gasteiger partial charge < -0.3 is 10.5 Å². The largest absolute Gasteiger partial charge is 0.493 e. The zero-order valence-electron chi connectivity index (χ0n) is 11.0. The minimum absolute atomic E-state index is 0.701. The Labute approximate surface area is 119 Å². The summed E-state index contributed by atoms with van der Waals surface area (Å²) in [4.78, 5) is 0. The van der Waals surface area contributed by atoms with Crippen molar-refractivity contribution in [3.05, 3.63) is 58.6 Å². The van der Waals surface area contributed by atoms with Crippen LogP contribution in [0.15, 0.2) is 42.5 Å². The van der Waals surface area contributed by atoms with Gasteiger partial charge in [0.15, 0.2) is 0 Å². The molecule has 0 atom stereocenters. The van der Waals surface area contributed by atoms with Crippen LogP contribution in [-0.4, -0.2) is 6.61 Å². The lowest BCUT2D eigenvalue weighted by Crippen LogP contribution is -2.00. The Morgan fingerprint density at radius 1 is 1.11 bits per heavy atom. The van der Waals surface area contributed by atoms with Crippen LogP contribution in [0.4, 0.5) is 5.69 Å². The SMILES string of the molecule is Cc1cc(Cl)ccc1OCCCc1ccc(N)cc1. The number of nitrogen functional groups attached to an aromatic ring is 1. The third kappa shape index (κ3) is 4.18. The maximum absolute atomic E-state index is 5.91. The fraction of sp³-hybridized carbons (Fsp3) is 0.250. The van der Waals surface area contributed by atoms with Crippen molar-refractivity contribution in [2.45, 2.75) is 19.8 Å². The van der Waals surface area contributed by atoms with E-state index in [2.05, 4.69) is 12.1 Å². The van der Waals surface area contributed by atoms with Crippen LogP contribution in [0.1, 0.15) is 17.5 Å². The number of anilines is 1. The molecule has 2 aromatic carbocycles. The molecule has 0 saturated carbocycles. The van der Waals surface area contributed by atoms with Crippen LogP contribution in [-0.2, 0) is 6.42 Å². The van der Waals surface area contributed by atoms with E-state index in [0.717, 1.165) is 34.9 Å². The highest BCUT2D eigenvalue weighted by Gasteiger charge is 2.00. The summed E-state index contributed by atoms with van der Waals surface area (Å²) in [5.41, 5.74) is 8.81. The molecule has 3 heteroatoms. The molecule has 0 spiro atoms. The Balaban J connectivity index is 1.79. The Hall–Kier alpha value is -1.67. The first-order valence-corrected chi connectivity index (χ1v) is 6.76. The minimum Gasteiger partial charge on any atom is -0.493 e. The van der Waals surface area contributed by atoms with E-state index in [9.17, 15) is 0 Å². The lowest BCUT2D eigenvalue weighted by Gasteiger charge is -2.09. The van der Waals surface area contributed by atoms with Crippen LogP contribution < -0.4 is 10.5 Å². The van der Waals surface area contributed by atoms with Crippen molar-refractivity contribution < 1.29 is 4.74 Å². The molecule has 0 aromatic heterocycles. The molecular weight excluding hydrogens is 258 g/mol. The second-order valence-electron chi connectivity index (χ2n) is 4.60. The number of hydrogen-bond acceptors (Lipinski definition) is 2. The van der Waals surface area contributed by atoms with E-state index in [0.29, 0.717) is 6.61 Å². The van der Waals surface area contributed by atoms with Gasteiger partial charge in [-0.15, -0.1) is 0 Å². The van der Waals surface area contributed by atoms with Gasteiger partial charge in [0.2, 0.25) is 0 Å². The van der Waals surface area contributed by atoms with Gasteiger partial charge in [-0.3, -0.25) is 0 Å². The van der Waals surface area contributed by atoms with E-state index in [1.165, 1.54) is 5.56 Å². The second kappa shape index (κ2) is 6.48. The third-order valence-electron chi connectivity index (χ3n) is 2.98. The number of ether oxygens (including phenoxy) is 1. The van der Waals surface area contributed by atoms with Crippen LogP contribution >= 0.6 is 11.6 Å². The molecule has 19 heavy (non-hydrogen) atoms. The van der Waals surface area contributed by atoms with Crippen molar-refractivity contribution >= 4 is 17.3 Å². The predicted molar refractivity (Wildman–Crippen MR) is 80.9 cm³/mol. The molecule has 0 aliphatic carbocycles.